The summed E-state index contributed by atoms with van der Waals surface area (Å²) in [5.41, 5.74) is 2.06. The van der Waals surface area contributed by atoms with Crippen LogP contribution in [0.15, 0.2) is 65.2 Å². The Kier molecular flexibility index (Phi) is 3.73. The molecule has 20 heavy (non-hydrogen) atoms. The lowest BCUT2D eigenvalue weighted by molar-refractivity contribution is 0.381. The molecule has 0 atom stereocenters. The molecule has 2 aromatic carbocycles. The molecule has 3 rings (SSSR count). The fourth-order valence-electron chi connectivity index (χ4n) is 1.93. The van der Waals surface area contributed by atoms with E-state index in [9.17, 15) is 0 Å². The van der Waals surface area contributed by atoms with Gasteiger partial charge in [-0.25, -0.2) is 0 Å². The average Bonchev–Trinajstić information content (AvgIpc) is 2.98. The third kappa shape index (κ3) is 3.03. The van der Waals surface area contributed by atoms with E-state index >= 15 is 0 Å². The molecule has 0 spiro atoms. The average molecular weight is 265 g/mol. The maximum absolute atomic E-state index is 5.26. The molecule has 4 nitrogen and oxygen atoms in total. The monoisotopic (exact) mass is 265 g/mol. The molecule has 100 valence electrons. The molecule has 0 aliphatic rings. The van der Waals surface area contributed by atoms with Crippen molar-refractivity contribution in [2.45, 2.75) is 6.42 Å². The standard InChI is InChI=1S/C16H15N3O/c1-3-7-13(8-4-1)16-18-15(20-19-16)11-12-17-14-9-5-2-6-10-14/h1-10,17H,11-12H2. The third-order valence-electron chi connectivity index (χ3n) is 2.94. The summed E-state index contributed by atoms with van der Waals surface area (Å²) in [5.74, 6) is 1.28. The SMILES string of the molecule is c1ccc(NCCc2nc(-c3ccccc3)no2)cc1. The summed E-state index contributed by atoms with van der Waals surface area (Å²) in [4.78, 5) is 4.39. The van der Waals surface area contributed by atoms with Gasteiger partial charge in [-0.2, -0.15) is 4.98 Å². The molecule has 0 amide bonds. The van der Waals surface area contributed by atoms with Crippen LogP contribution in [0.3, 0.4) is 0 Å². The zero-order valence-corrected chi connectivity index (χ0v) is 11.0. The Hall–Kier alpha value is -2.62. The minimum atomic E-state index is 0.639. The predicted molar refractivity (Wildman–Crippen MR) is 78.4 cm³/mol. The number of hydrogen-bond acceptors (Lipinski definition) is 4. The van der Waals surface area contributed by atoms with E-state index in [0.29, 0.717) is 18.1 Å². The summed E-state index contributed by atoms with van der Waals surface area (Å²) < 4.78 is 5.26. The van der Waals surface area contributed by atoms with E-state index in [4.69, 9.17) is 4.52 Å². The molecule has 3 aromatic rings. The summed E-state index contributed by atoms with van der Waals surface area (Å²) >= 11 is 0. The lowest BCUT2D eigenvalue weighted by Crippen LogP contribution is -2.04. The second-order valence-corrected chi connectivity index (χ2v) is 4.42. The zero-order chi connectivity index (χ0) is 13.6. The Bertz CT molecular complexity index is 650. The lowest BCUT2D eigenvalue weighted by atomic mass is 10.2. The highest BCUT2D eigenvalue weighted by molar-refractivity contribution is 5.53. The van der Waals surface area contributed by atoms with Crippen LogP contribution < -0.4 is 5.32 Å². The van der Waals surface area contributed by atoms with Gasteiger partial charge < -0.3 is 9.84 Å². The summed E-state index contributed by atoms with van der Waals surface area (Å²) in [7, 11) is 0. The van der Waals surface area contributed by atoms with Crippen LogP contribution in [0.4, 0.5) is 5.69 Å². The molecule has 0 aliphatic heterocycles. The van der Waals surface area contributed by atoms with E-state index in [1.54, 1.807) is 0 Å². The molecule has 0 saturated heterocycles. The minimum Gasteiger partial charge on any atom is -0.385 e. The van der Waals surface area contributed by atoms with Crippen LogP contribution in [0.25, 0.3) is 11.4 Å². The van der Waals surface area contributed by atoms with Gasteiger partial charge in [-0.1, -0.05) is 53.7 Å². The molecule has 0 radical (unpaired) electrons. The largest absolute Gasteiger partial charge is 0.385 e. The fourth-order valence-corrected chi connectivity index (χ4v) is 1.93. The highest BCUT2D eigenvalue weighted by Crippen LogP contribution is 2.15. The van der Waals surface area contributed by atoms with Crippen molar-refractivity contribution in [2.24, 2.45) is 0 Å². The van der Waals surface area contributed by atoms with Gasteiger partial charge in [0.2, 0.25) is 11.7 Å². The van der Waals surface area contributed by atoms with Crippen LogP contribution in [0.2, 0.25) is 0 Å². The van der Waals surface area contributed by atoms with Crippen LogP contribution in [0, 0.1) is 0 Å². The Morgan fingerprint density at radius 3 is 2.35 bits per heavy atom. The van der Waals surface area contributed by atoms with Gasteiger partial charge in [-0.3, -0.25) is 0 Å². The number of hydrogen-bond donors (Lipinski definition) is 1. The van der Waals surface area contributed by atoms with Crippen LogP contribution in [0.1, 0.15) is 5.89 Å². The van der Waals surface area contributed by atoms with Crippen molar-refractivity contribution in [3.8, 4) is 11.4 Å². The summed E-state index contributed by atoms with van der Waals surface area (Å²) in [6, 6.07) is 19.9. The molecule has 0 fully saturated rings. The molecular weight excluding hydrogens is 250 g/mol. The first-order valence-electron chi connectivity index (χ1n) is 6.59. The first kappa shape index (κ1) is 12.4. The van der Waals surface area contributed by atoms with E-state index in [0.717, 1.165) is 17.8 Å². The predicted octanol–water partition coefficient (Wildman–Crippen LogP) is 3.39. The van der Waals surface area contributed by atoms with Gasteiger partial charge in [0.1, 0.15) is 0 Å². The number of nitrogens with zero attached hydrogens (tertiary/aromatic N) is 2. The highest BCUT2D eigenvalue weighted by atomic mass is 16.5. The van der Waals surface area contributed by atoms with Crippen molar-refractivity contribution in [1.29, 1.82) is 0 Å². The Morgan fingerprint density at radius 1 is 0.900 bits per heavy atom. The van der Waals surface area contributed by atoms with E-state index in [-0.39, 0.29) is 0 Å². The van der Waals surface area contributed by atoms with Crippen LogP contribution >= 0.6 is 0 Å². The maximum atomic E-state index is 5.26. The van der Waals surface area contributed by atoms with Crippen molar-refractivity contribution in [2.75, 3.05) is 11.9 Å². The summed E-state index contributed by atoms with van der Waals surface area (Å²) in [6.45, 7) is 0.764. The number of rotatable bonds is 5. The second kappa shape index (κ2) is 6.02. The van der Waals surface area contributed by atoms with Crippen LogP contribution in [0.5, 0.6) is 0 Å². The Balaban J connectivity index is 1.58. The van der Waals surface area contributed by atoms with Gasteiger partial charge in [0.15, 0.2) is 0 Å². The van der Waals surface area contributed by atoms with Gasteiger partial charge >= 0.3 is 0 Å². The second-order valence-electron chi connectivity index (χ2n) is 4.42. The normalized spacial score (nSPS) is 10.4. The van der Waals surface area contributed by atoms with Gasteiger partial charge in [-0.15, -0.1) is 0 Å². The number of benzene rings is 2. The van der Waals surface area contributed by atoms with Crippen LogP contribution in [-0.2, 0) is 6.42 Å². The first-order chi connectivity index (χ1) is 9.92. The number of anilines is 1. The number of nitrogens with one attached hydrogen (secondary N) is 1. The van der Waals surface area contributed by atoms with Gasteiger partial charge in [0, 0.05) is 24.2 Å². The van der Waals surface area contributed by atoms with Crippen molar-refractivity contribution < 1.29 is 4.52 Å². The third-order valence-corrected chi connectivity index (χ3v) is 2.94. The van der Waals surface area contributed by atoms with Crippen molar-refractivity contribution in [3.05, 3.63) is 66.6 Å². The molecule has 0 bridgehead atoms. The van der Waals surface area contributed by atoms with E-state index < -0.39 is 0 Å². The van der Waals surface area contributed by atoms with Crippen LogP contribution in [-0.4, -0.2) is 16.7 Å². The van der Waals surface area contributed by atoms with E-state index in [1.807, 2.05) is 60.7 Å². The Morgan fingerprint density at radius 2 is 1.60 bits per heavy atom. The number of para-hydroxylation sites is 1. The molecule has 0 aliphatic carbocycles. The molecule has 1 heterocycles. The summed E-state index contributed by atoms with van der Waals surface area (Å²) in [6.07, 6.45) is 0.703. The molecule has 0 unspecified atom stereocenters. The smallest absolute Gasteiger partial charge is 0.228 e. The van der Waals surface area contributed by atoms with Gasteiger partial charge in [0.05, 0.1) is 0 Å². The van der Waals surface area contributed by atoms with Gasteiger partial charge in [-0.05, 0) is 12.1 Å². The first-order valence-corrected chi connectivity index (χ1v) is 6.59. The molecule has 1 N–H and O–H groups in total. The van der Waals surface area contributed by atoms with Crippen molar-refractivity contribution in [1.82, 2.24) is 10.1 Å². The molecule has 1 aromatic heterocycles. The van der Waals surface area contributed by atoms with E-state index in [2.05, 4.69) is 15.5 Å². The van der Waals surface area contributed by atoms with Crippen molar-refractivity contribution in [3.63, 3.8) is 0 Å². The van der Waals surface area contributed by atoms with Gasteiger partial charge in [0.25, 0.3) is 0 Å². The quantitative estimate of drug-likeness (QED) is 0.768. The topological polar surface area (TPSA) is 51.0 Å². The summed E-state index contributed by atoms with van der Waals surface area (Å²) in [5, 5.41) is 7.31. The molecule has 4 heteroatoms. The maximum Gasteiger partial charge on any atom is 0.228 e. The molecule has 0 saturated carbocycles. The molecular formula is C16H15N3O. The fraction of sp³-hybridized carbons (Fsp3) is 0.125. The van der Waals surface area contributed by atoms with E-state index in [1.165, 1.54) is 0 Å². The lowest BCUT2D eigenvalue weighted by Gasteiger charge is -2.02. The zero-order valence-electron chi connectivity index (χ0n) is 11.0. The number of aromatic nitrogens is 2. The highest BCUT2D eigenvalue weighted by Gasteiger charge is 2.07. The van der Waals surface area contributed by atoms with Crippen molar-refractivity contribution >= 4 is 5.69 Å². The Labute approximate surface area is 117 Å². The minimum absolute atomic E-state index is 0.639.